The lowest BCUT2D eigenvalue weighted by molar-refractivity contribution is 0.299. The molecule has 2 aromatic rings. The molecule has 0 aliphatic heterocycles. The molecule has 3 rings (SSSR count). The Morgan fingerprint density at radius 1 is 1.10 bits per heavy atom. The molecule has 0 unspecified atom stereocenters. The minimum absolute atomic E-state index is 0.182. The quantitative estimate of drug-likeness (QED) is 0.923. The van der Waals surface area contributed by atoms with Gasteiger partial charge in [0.1, 0.15) is 0 Å². The Morgan fingerprint density at radius 2 is 1.85 bits per heavy atom. The van der Waals surface area contributed by atoms with E-state index in [1.165, 1.54) is 40.8 Å². The van der Waals surface area contributed by atoms with E-state index >= 15 is 0 Å². The molecule has 0 fully saturated rings. The predicted octanol–water partition coefficient (Wildman–Crippen LogP) is 3.47. The van der Waals surface area contributed by atoms with Crippen molar-refractivity contribution in [1.82, 2.24) is 4.98 Å². The zero-order chi connectivity index (χ0) is 13.9. The molecule has 1 aliphatic rings. The molecule has 0 radical (unpaired) electrons. The van der Waals surface area contributed by atoms with E-state index < -0.39 is 0 Å². The van der Waals surface area contributed by atoms with E-state index in [-0.39, 0.29) is 6.61 Å². The summed E-state index contributed by atoms with van der Waals surface area (Å²) >= 11 is 0. The van der Waals surface area contributed by atoms with Crippen molar-refractivity contribution in [2.24, 2.45) is 0 Å². The largest absolute Gasteiger partial charge is 0.396 e. The van der Waals surface area contributed by atoms with Crippen LogP contribution in [0.4, 0.5) is 0 Å². The summed E-state index contributed by atoms with van der Waals surface area (Å²) in [5, 5.41) is 9.39. The van der Waals surface area contributed by atoms with Crippen molar-refractivity contribution in [3.8, 4) is 11.1 Å². The summed E-state index contributed by atoms with van der Waals surface area (Å²) in [4.78, 5) is 4.81. The van der Waals surface area contributed by atoms with Gasteiger partial charge >= 0.3 is 0 Å². The van der Waals surface area contributed by atoms with Gasteiger partial charge in [-0.1, -0.05) is 30.3 Å². The summed E-state index contributed by atoms with van der Waals surface area (Å²) in [6, 6.07) is 10.6. The molecule has 1 aliphatic carbocycles. The maximum atomic E-state index is 9.39. The van der Waals surface area contributed by atoms with E-state index in [9.17, 15) is 5.11 Å². The third kappa shape index (κ3) is 2.36. The first-order valence-electron chi connectivity index (χ1n) is 7.48. The van der Waals surface area contributed by atoms with E-state index in [4.69, 9.17) is 4.98 Å². The van der Waals surface area contributed by atoms with Gasteiger partial charge in [0.2, 0.25) is 0 Å². The minimum Gasteiger partial charge on any atom is -0.396 e. The van der Waals surface area contributed by atoms with Gasteiger partial charge in [0.05, 0.1) is 0 Å². The highest BCUT2D eigenvalue weighted by atomic mass is 16.2. The van der Waals surface area contributed by atoms with Crippen molar-refractivity contribution in [1.29, 1.82) is 0 Å². The molecule has 1 heterocycles. The van der Waals surface area contributed by atoms with Gasteiger partial charge in [-0.2, -0.15) is 0 Å². The Morgan fingerprint density at radius 3 is 2.60 bits per heavy atom. The number of fused-ring (bicyclic) bond motifs is 1. The first-order valence-corrected chi connectivity index (χ1v) is 7.48. The number of aliphatic hydroxyl groups is 1. The van der Waals surface area contributed by atoms with E-state index in [0.29, 0.717) is 6.42 Å². The molecule has 0 atom stereocenters. The second kappa shape index (κ2) is 5.76. The number of aliphatic hydroxyl groups excluding tert-OH is 1. The van der Waals surface area contributed by atoms with E-state index in [2.05, 4.69) is 37.3 Å². The van der Waals surface area contributed by atoms with Crippen LogP contribution in [0.1, 0.15) is 35.4 Å². The van der Waals surface area contributed by atoms with Crippen LogP contribution >= 0.6 is 0 Å². The van der Waals surface area contributed by atoms with Crippen LogP contribution in [0.25, 0.3) is 11.1 Å². The molecule has 1 N–H and O–H groups in total. The van der Waals surface area contributed by atoms with Crippen molar-refractivity contribution in [2.75, 3.05) is 6.61 Å². The topological polar surface area (TPSA) is 33.1 Å². The highest BCUT2D eigenvalue weighted by Gasteiger charge is 2.20. The summed E-state index contributed by atoms with van der Waals surface area (Å²) in [6.45, 7) is 2.26. The molecule has 0 saturated carbocycles. The Kier molecular flexibility index (Phi) is 3.83. The fourth-order valence-electron chi connectivity index (χ4n) is 3.29. The van der Waals surface area contributed by atoms with Crippen LogP contribution in [0.3, 0.4) is 0 Å². The highest BCUT2D eigenvalue weighted by Crippen LogP contribution is 2.35. The first kappa shape index (κ1) is 13.3. The third-order valence-electron chi connectivity index (χ3n) is 4.21. The van der Waals surface area contributed by atoms with E-state index in [1.54, 1.807) is 0 Å². The summed E-state index contributed by atoms with van der Waals surface area (Å²) in [5.41, 5.74) is 7.59. The summed E-state index contributed by atoms with van der Waals surface area (Å²) in [6.07, 6.45) is 5.39. The number of hydrogen-bond donors (Lipinski definition) is 1. The van der Waals surface area contributed by atoms with Crippen LogP contribution in [0, 0.1) is 6.92 Å². The van der Waals surface area contributed by atoms with Gasteiger partial charge in [0.25, 0.3) is 0 Å². The minimum atomic E-state index is 0.182. The summed E-state index contributed by atoms with van der Waals surface area (Å²) in [5.74, 6) is 0. The molecule has 0 saturated heterocycles. The maximum absolute atomic E-state index is 9.39. The van der Waals surface area contributed by atoms with Crippen LogP contribution < -0.4 is 0 Å². The Balaban J connectivity index is 2.25. The second-order valence-corrected chi connectivity index (χ2v) is 5.52. The van der Waals surface area contributed by atoms with Gasteiger partial charge in [-0.05, 0) is 61.3 Å². The van der Waals surface area contributed by atoms with Crippen molar-refractivity contribution in [3.63, 3.8) is 0 Å². The van der Waals surface area contributed by atoms with Crippen LogP contribution in [0.2, 0.25) is 0 Å². The van der Waals surface area contributed by atoms with Gasteiger partial charge in [0.15, 0.2) is 0 Å². The summed E-state index contributed by atoms with van der Waals surface area (Å²) in [7, 11) is 0. The Hall–Kier alpha value is -1.67. The molecule has 0 bridgehead atoms. The third-order valence-corrected chi connectivity index (χ3v) is 4.21. The maximum Gasteiger partial charge on any atom is 0.0472 e. The van der Waals surface area contributed by atoms with E-state index in [1.807, 2.05) is 0 Å². The van der Waals surface area contributed by atoms with E-state index in [0.717, 1.165) is 18.5 Å². The van der Waals surface area contributed by atoms with Gasteiger partial charge < -0.3 is 5.11 Å². The fourth-order valence-corrected chi connectivity index (χ4v) is 3.29. The molecule has 1 aromatic carbocycles. The molecule has 2 heteroatoms. The van der Waals surface area contributed by atoms with Crippen molar-refractivity contribution in [3.05, 3.63) is 52.8 Å². The van der Waals surface area contributed by atoms with Crippen molar-refractivity contribution >= 4 is 0 Å². The Bertz CT molecular complexity index is 605. The monoisotopic (exact) mass is 267 g/mol. The lowest BCUT2D eigenvalue weighted by Gasteiger charge is -2.23. The number of aryl methyl sites for hydroxylation is 2. The lowest BCUT2D eigenvalue weighted by atomic mass is 9.85. The van der Waals surface area contributed by atoms with Crippen LogP contribution in [0.5, 0.6) is 0 Å². The number of benzene rings is 1. The Labute approximate surface area is 120 Å². The number of hydrogen-bond acceptors (Lipinski definition) is 2. The average Bonchev–Trinajstić information content (AvgIpc) is 2.49. The highest BCUT2D eigenvalue weighted by molar-refractivity contribution is 5.73. The predicted molar refractivity (Wildman–Crippen MR) is 81.8 cm³/mol. The van der Waals surface area contributed by atoms with Crippen molar-refractivity contribution < 1.29 is 5.11 Å². The number of aromatic nitrogens is 1. The normalized spacial score (nSPS) is 14.1. The molecule has 1 aromatic heterocycles. The van der Waals surface area contributed by atoms with Gasteiger partial charge in [-0.3, -0.25) is 4.98 Å². The van der Waals surface area contributed by atoms with Crippen LogP contribution in [-0.2, 0) is 19.3 Å². The number of nitrogens with zero attached hydrogens (tertiary/aromatic N) is 1. The zero-order valence-corrected chi connectivity index (χ0v) is 12.0. The zero-order valence-electron chi connectivity index (χ0n) is 12.0. The lowest BCUT2D eigenvalue weighted by Crippen LogP contribution is -2.12. The van der Waals surface area contributed by atoms with Crippen LogP contribution in [-0.4, -0.2) is 16.7 Å². The fraction of sp³-hybridized carbons (Fsp3) is 0.389. The van der Waals surface area contributed by atoms with Crippen molar-refractivity contribution in [2.45, 2.75) is 39.0 Å². The molecule has 0 spiro atoms. The molecule has 104 valence electrons. The van der Waals surface area contributed by atoms with Crippen LogP contribution in [0.15, 0.2) is 30.3 Å². The second-order valence-electron chi connectivity index (χ2n) is 5.52. The average molecular weight is 267 g/mol. The summed E-state index contributed by atoms with van der Waals surface area (Å²) < 4.78 is 0. The number of rotatable bonds is 3. The first-order chi connectivity index (χ1) is 9.81. The molecule has 20 heavy (non-hydrogen) atoms. The molecule has 2 nitrogen and oxygen atoms in total. The number of pyridine rings is 1. The molecular weight excluding hydrogens is 246 g/mol. The smallest absolute Gasteiger partial charge is 0.0472 e. The van der Waals surface area contributed by atoms with Gasteiger partial charge in [0, 0.05) is 18.0 Å². The van der Waals surface area contributed by atoms with Gasteiger partial charge in [-0.25, -0.2) is 0 Å². The SMILES string of the molecule is Cc1nc2c(c(-c3ccccc3)c1CCO)CCCC2. The molecular formula is C18H21NO. The standard InChI is InChI=1S/C18H21NO/c1-13-15(11-12-20)18(14-7-3-2-4-8-14)16-9-5-6-10-17(16)19-13/h2-4,7-8,20H,5-6,9-12H2,1H3. The van der Waals surface area contributed by atoms with Gasteiger partial charge in [-0.15, -0.1) is 0 Å². The molecule has 0 amide bonds.